The fourth-order valence-electron chi connectivity index (χ4n) is 2.12. The van der Waals surface area contributed by atoms with Crippen molar-refractivity contribution in [2.24, 2.45) is 0 Å². The summed E-state index contributed by atoms with van der Waals surface area (Å²) in [6.45, 7) is 2.64. The number of methoxy groups -OCH3 is 1. The summed E-state index contributed by atoms with van der Waals surface area (Å²) < 4.78 is 5.07. The highest BCUT2D eigenvalue weighted by molar-refractivity contribution is 6.32. The van der Waals surface area contributed by atoms with E-state index in [1.807, 2.05) is 6.92 Å². The van der Waals surface area contributed by atoms with Crippen molar-refractivity contribution >= 4 is 29.1 Å². The molecule has 1 aromatic heterocycles. The summed E-state index contributed by atoms with van der Waals surface area (Å²) in [5.74, 6) is -0.105. The molecule has 0 aliphatic carbocycles. The van der Waals surface area contributed by atoms with Crippen LogP contribution in [0.1, 0.15) is 40.5 Å². The van der Waals surface area contributed by atoms with Gasteiger partial charge in [-0.15, -0.1) is 0 Å². The van der Waals surface area contributed by atoms with Gasteiger partial charge < -0.3 is 15.4 Å². The van der Waals surface area contributed by atoms with Crippen molar-refractivity contribution in [1.82, 2.24) is 10.3 Å². The summed E-state index contributed by atoms with van der Waals surface area (Å²) in [7, 11) is 1.52. The van der Waals surface area contributed by atoms with E-state index in [1.165, 1.54) is 25.6 Å². The van der Waals surface area contributed by atoms with Crippen molar-refractivity contribution in [3.8, 4) is 5.75 Å². The molecule has 0 bridgehead atoms. The maximum Gasteiger partial charge on any atom is 0.257 e. The first kappa shape index (κ1) is 18.7. The Bertz CT molecular complexity index is 765. The smallest absolute Gasteiger partial charge is 0.257 e. The number of carbonyl (C=O) groups is 2. The fourth-order valence-corrected chi connectivity index (χ4v) is 2.37. The highest BCUT2D eigenvalue weighted by Gasteiger charge is 2.12. The zero-order valence-corrected chi connectivity index (χ0v) is 14.9. The van der Waals surface area contributed by atoms with Crippen LogP contribution in [0, 0.1) is 0 Å². The third-order valence-corrected chi connectivity index (χ3v) is 3.78. The van der Waals surface area contributed by atoms with Crippen LogP contribution in [-0.4, -0.2) is 30.5 Å². The van der Waals surface area contributed by atoms with Crippen molar-refractivity contribution in [1.29, 1.82) is 0 Å². The van der Waals surface area contributed by atoms with Crippen LogP contribution in [0.4, 0.5) is 5.69 Å². The number of ether oxygens (including phenoxy) is 1. The predicted octanol–water partition coefficient (Wildman–Crippen LogP) is 3.53. The van der Waals surface area contributed by atoms with E-state index in [9.17, 15) is 9.59 Å². The van der Waals surface area contributed by atoms with Gasteiger partial charge in [-0.1, -0.05) is 24.9 Å². The Hall–Kier alpha value is -2.60. The molecule has 1 aromatic carbocycles. The van der Waals surface area contributed by atoms with Crippen molar-refractivity contribution in [3.63, 3.8) is 0 Å². The van der Waals surface area contributed by atoms with Crippen LogP contribution in [0.5, 0.6) is 5.75 Å². The third-order valence-electron chi connectivity index (χ3n) is 3.49. The zero-order chi connectivity index (χ0) is 18.2. The van der Waals surface area contributed by atoms with Gasteiger partial charge in [0.1, 0.15) is 5.75 Å². The molecule has 0 aliphatic heterocycles. The Morgan fingerprint density at radius 1 is 1.16 bits per heavy atom. The van der Waals surface area contributed by atoms with Crippen LogP contribution in [0.25, 0.3) is 0 Å². The number of unbranched alkanes of at least 4 members (excludes halogenated alkanes) is 1. The van der Waals surface area contributed by atoms with Gasteiger partial charge >= 0.3 is 0 Å². The third kappa shape index (κ3) is 5.19. The molecular formula is C18H20ClN3O3. The molecule has 0 radical (unpaired) electrons. The van der Waals surface area contributed by atoms with E-state index in [4.69, 9.17) is 16.3 Å². The standard InChI is InChI=1S/C18H20ClN3O3/c1-3-4-7-21-17(23)12-8-13(11-20-10-12)18(24)22-14-5-6-16(25-2)15(19)9-14/h5-6,8-11H,3-4,7H2,1-2H3,(H,21,23)(H,22,24). The lowest BCUT2D eigenvalue weighted by atomic mass is 10.1. The van der Waals surface area contributed by atoms with E-state index in [2.05, 4.69) is 15.6 Å². The minimum atomic E-state index is -0.378. The molecule has 132 valence electrons. The summed E-state index contributed by atoms with van der Waals surface area (Å²) in [5.41, 5.74) is 1.15. The number of aromatic nitrogens is 1. The van der Waals surface area contributed by atoms with E-state index in [0.29, 0.717) is 28.6 Å². The molecule has 0 spiro atoms. The predicted molar refractivity (Wildman–Crippen MR) is 97.4 cm³/mol. The van der Waals surface area contributed by atoms with Crippen LogP contribution in [0.2, 0.25) is 5.02 Å². The number of pyridine rings is 1. The number of nitrogens with zero attached hydrogens (tertiary/aromatic N) is 1. The molecular weight excluding hydrogens is 342 g/mol. The molecule has 7 heteroatoms. The number of benzene rings is 1. The summed E-state index contributed by atoms with van der Waals surface area (Å²) in [5, 5.41) is 5.90. The molecule has 0 saturated carbocycles. The summed E-state index contributed by atoms with van der Waals surface area (Å²) >= 11 is 6.04. The lowest BCUT2D eigenvalue weighted by molar-refractivity contribution is 0.0953. The van der Waals surface area contributed by atoms with Gasteiger partial charge in [-0.2, -0.15) is 0 Å². The quantitative estimate of drug-likeness (QED) is 0.739. The normalized spacial score (nSPS) is 10.2. The molecule has 1 heterocycles. The van der Waals surface area contributed by atoms with Crippen LogP contribution >= 0.6 is 11.6 Å². The fraction of sp³-hybridized carbons (Fsp3) is 0.278. The van der Waals surface area contributed by atoms with Gasteiger partial charge in [-0.3, -0.25) is 14.6 Å². The van der Waals surface area contributed by atoms with Gasteiger partial charge in [0.2, 0.25) is 0 Å². The van der Waals surface area contributed by atoms with E-state index in [1.54, 1.807) is 18.2 Å². The van der Waals surface area contributed by atoms with Crippen molar-refractivity contribution in [3.05, 3.63) is 52.8 Å². The second-order valence-electron chi connectivity index (χ2n) is 5.38. The molecule has 0 saturated heterocycles. The van der Waals surface area contributed by atoms with Gasteiger partial charge in [-0.05, 0) is 30.7 Å². The average molecular weight is 362 g/mol. The first-order valence-electron chi connectivity index (χ1n) is 7.93. The molecule has 0 atom stereocenters. The Morgan fingerprint density at radius 3 is 2.52 bits per heavy atom. The zero-order valence-electron chi connectivity index (χ0n) is 14.1. The Labute approximate surface area is 151 Å². The van der Waals surface area contributed by atoms with Crippen LogP contribution in [0.15, 0.2) is 36.7 Å². The minimum Gasteiger partial charge on any atom is -0.495 e. The Morgan fingerprint density at radius 2 is 1.88 bits per heavy atom. The first-order valence-corrected chi connectivity index (χ1v) is 8.31. The van der Waals surface area contributed by atoms with Gasteiger partial charge in [-0.25, -0.2) is 0 Å². The molecule has 2 aromatic rings. The molecule has 2 amide bonds. The van der Waals surface area contributed by atoms with E-state index < -0.39 is 0 Å². The van der Waals surface area contributed by atoms with E-state index >= 15 is 0 Å². The maximum absolute atomic E-state index is 12.4. The maximum atomic E-state index is 12.4. The number of rotatable bonds is 7. The van der Waals surface area contributed by atoms with Gasteiger partial charge in [0.05, 0.1) is 23.3 Å². The second kappa shape index (κ2) is 9.03. The van der Waals surface area contributed by atoms with Crippen LogP contribution in [-0.2, 0) is 0 Å². The Kier molecular flexibility index (Phi) is 6.77. The highest BCUT2D eigenvalue weighted by Crippen LogP contribution is 2.27. The second-order valence-corrected chi connectivity index (χ2v) is 5.78. The lowest BCUT2D eigenvalue weighted by Crippen LogP contribution is -2.25. The topological polar surface area (TPSA) is 80.3 Å². The number of hydrogen-bond donors (Lipinski definition) is 2. The molecule has 25 heavy (non-hydrogen) atoms. The monoisotopic (exact) mass is 361 g/mol. The largest absolute Gasteiger partial charge is 0.495 e. The summed E-state index contributed by atoms with van der Waals surface area (Å²) in [6, 6.07) is 6.44. The molecule has 6 nitrogen and oxygen atoms in total. The van der Waals surface area contributed by atoms with Crippen molar-refractivity contribution in [2.75, 3.05) is 19.0 Å². The van der Waals surface area contributed by atoms with Gasteiger partial charge in [0, 0.05) is 24.6 Å². The van der Waals surface area contributed by atoms with Gasteiger partial charge in [0.15, 0.2) is 0 Å². The number of nitrogens with one attached hydrogen (secondary N) is 2. The average Bonchev–Trinajstić information content (AvgIpc) is 2.62. The van der Waals surface area contributed by atoms with E-state index in [0.717, 1.165) is 12.8 Å². The minimum absolute atomic E-state index is 0.247. The van der Waals surface area contributed by atoms with Crippen LogP contribution in [0.3, 0.4) is 0 Å². The molecule has 0 fully saturated rings. The molecule has 2 N–H and O–H groups in total. The first-order chi connectivity index (χ1) is 12.0. The van der Waals surface area contributed by atoms with Crippen LogP contribution < -0.4 is 15.4 Å². The SMILES string of the molecule is CCCCNC(=O)c1cncc(C(=O)Nc2ccc(OC)c(Cl)c2)c1. The Balaban J connectivity index is 2.08. The number of halogens is 1. The van der Waals surface area contributed by atoms with Crippen molar-refractivity contribution < 1.29 is 14.3 Å². The number of anilines is 1. The number of hydrogen-bond acceptors (Lipinski definition) is 4. The summed E-state index contributed by atoms with van der Waals surface area (Å²) in [6.07, 6.45) is 4.73. The number of carbonyl (C=O) groups excluding carboxylic acids is 2. The van der Waals surface area contributed by atoms with Gasteiger partial charge in [0.25, 0.3) is 11.8 Å². The van der Waals surface area contributed by atoms with E-state index in [-0.39, 0.29) is 17.4 Å². The summed E-state index contributed by atoms with van der Waals surface area (Å²) in [4.78, 5) is 28.4. The molecule has 2 rings (SSSR count). The number of amides is 2. The van der Waals surface area contributed by atoms with Crippen molar-refractivity contribution in [2.45, 2.75) is 19.8 Å². The highest BCUT2D eigenvalue weighted by atomic mass is 35.5. The molecule has 0 aliphatic rings. The molecule has 0 unspecified atom stereocenters. The lowest BCUT2D eigenvalue weighted by Gasteiger charge is -2.09.